The second-order valence-electron chi connectivity index (χ2n) is 3.97. The van der Waals surface area contributed by atoms with E-state index in [1.807, 2.05) is 24.3 Å². The number of nitrogens with one attached hydrogen (secondary N) is 1. The van der Waals surface area contributed by atoms with Crippen molar-refractivity contribution in [1.29, 1.82) is 0 Å². The zero-order chi connectivity index (χ0) is 12.8. The van der Waals surface area contributed by atoms with Crippen LogP contribution >= 0.6 is 11.6 Å². The van der Waals surface area contributed by atoms with Gasteiger partial charge in [-0.1, -0.05) is 35.9 Å². The highest BCUT2D eigenvalue weighted by Gasteiger charge is 1.97. The fraction of sp³-hybridized carbons (Fsp3) is 0.214. The molecular formula is C14H15ClN2O. The maximum Gasteiger partial charge on any atom is 0.126 e. The van der Waals surface area contributed by atoms with Gasteiger partial charge in [-0.05, 0) is 23.3 Å². The molecule has 0 fully saturated rings. The van der Waals surface area contributed by atoms with Crippen LogP contribution in [0.5, 0.6) is 0 Å². The molecule has 1 aromatic heterocycles. The predicted molar refractivity (Wildman–Crippen MR) is 73.7 cm³/mol. The topological polar surface area (TPSA) is 34.1 Å². The molecule has 4 heteroatoms. The number of benzene rings is 1. The number of ether oxygens (including phenoxy) is 1. The summed E-state index contributed by atoms with van der Waals surface area (Å²) >= 11 is 5.78. The Morgan fingerprint density at radius 2 is 2.06 bits per heavy atom. The molecule has 0 radical (unpaired) electrons. The van der Waals surface area contributed by atoms with Crippen LogP contribution in [0.2, 0.25) is 5.02 Å². The van der Waals surface area contributed by atoms with Crippen molar-refractivity contribution in [3.63, 3.8) is 0 Å². The predicted octanol–water partition coefficient (Wildman–Crippen LogP) is 3.49. The van der Waals surface area contributed by atoms with E-state index in [0.29, 0.717) is 11.6 Å². The third-order valence-corrected chi connectivity index (χ3v) is 2.73. The molecule has 1 heterocycles. The second-order valence-corrected chi connectivity index (χ2v) is 4.40. The lowest BCUT2D eigenvalue weighted by Crippen LogP contribution is -2.01. The number of methoxy groups -OCH3 is 1. The maximum atomic E-state index is 5.78. The zero-order valence-electron chi connectivity index (χ0n) is 10.2. The van der Waals surface area contributed by atoms with Gasteiger partial charge >= 0.3 is 0 Å². The number of anilines is 1. The molecule has 0 spiro atoms. The van der Waals surface area contributed by atoms with Crippen LogP contribution in [0.15, 0.2) is 42.6 Å². The van der Waals surface area contributed by atoms with E-state index in [-0.39, 0.29) is 0 Å². The van der Waals surface area contributed by atoms with Gasteiger partial charge in [0.25, 0.3) is 0 Å². The van der Waals surface area contributed by atoms with Crippen LogP contribution in [-0.2, 0) is 17.9 Å². The highest BCUT2D eigenvalue weighted by molar-refractivity contribution is 6.30. The summed E-state index contributed by atoms with van der Waals surface area (Å²) in [4.78, 5) is 4.18. The first-order valence-corrected chi connectivity index (χ1v) is 6.08. The molecule has 0 bridgehead atoms. The van der Waals surface area contributed by atoms with Crippen molar-refractivity contribution in [3.8, 4) is 0 Å². The summed E-state index contributed by atoms with van der Waals surface area (Å²) in [5, 5.41) is 3.89. The Balaban J connectivity index is 1.97. The van der Waals surface area contributed by atoms with Crippen molar-refractivity contribution in [3.05, 3.63) is 58.7 Å². The Kier molecular flexibility index (Phi) is 4.56. The minimum Gasteiger partial charge on any atom is -0.380 e. The number of pyridine rings is 1. The minimum absolute atomic E-state index is 0.632. The Hall–Kier alpha value is -1.58. The molecule has 18 heavy (non-hydrogen) atoms. The van der Waals surface area contributed by atoms with Crippen LogP contribution < -0.4 is 5.32 Å². The summed E-state index contributed by atoms with van der Waals surface area (Å²) in [6, 6.07) is 11.9. The molecule has 3 nitrogen and oxygen atoms in total. The third kappa shape index (κ3) is 3.72. The molecule has 0 aliphatic heterocycles. The smallest absolute Gasteiger partial charge is 0.126 e. The van der Waals surface area contributed by atoms with Gasteiger partial charge in [-0.3, -0.25) is 0 Å². The SMILES string of the molecule is COCc1cccc(CNc2ccc(Cl)cn2)c1. The fourth-order valence-electron chi connectivity index (χ4n) is 1.67. The normalized spacial score (nSPS) is 10.3. The first-order chi connectivity index (χ1) is 8.78. The molecular weight excluding hydrogens is 248 g/mol. The zero-order valence-corrected chi connectivity index (χ0v) is 10.9. The molecule has 1 aromatic carbocycles. The number of halogens is 1. The Morgan fingerprint density at radius 1 is 1.22 bits per heavy atom. The monoisotopic (exact) mass is 262 g/mol. The van der Waals surface area contributed by atoms with E-state index >= 15 is 0 Å². The largest absolute Gasteiger partial charge is 0.380 e. The van der Waals surface area contributed by atoms with Crippen molar-refractivity contribution in [2.75, 3.05) is 12.4 Å². The van der Waals surface area contributed by atoms with E-state index in [0.717, 1.165) is 12.4 Å². The molecule has 0 saturated carbocycles. The molecule has 0 atom stereocenters. The standard InChI is InChI=1S/C14H15ClN2O/c1-18-10-12-4-2-3-11(7-12)8-16-14-6-5-13(15)9-17-14/h2-7,9H,8,10H2,1H3,(H,16,17). The highest BCUT2D eigenvalue weighted by atomic mass is 35.5. The number of nitrogens with zero attached hydrogens (tertiary/aromatic N) is 1. The molecule has 94 valence electrons. The lowest BCUT2D eigenvalue weighted by molar-refractivity contribution is 0.185. The van der Waals surface area contributed by atoms with Crippen molar-refractivity contribution < 1.29 is 4.74 Å². The second kappa shape index (κ2) is 6.38. The van der Waals surface area contributed by atoms with E-state index < -0.39 is 0 Å². The number of rotatable bonds is 5. The van der Waals surface area contributed by atoms with Gasteiger partial charge in [0.05, 0.1) is 11.6 Å². The molecule has 2 aromatic rings. The van der Waals surface area contributed by atoms with Crippen LogP contribution in [0, 0.1) is 0 Å². The summed E-state index contributed by atoms with van der Waals surface area (Å²) in [7, 11) is 1.70. The molecule has 0 saturated heterocycles. The van der Waals surface area contributed by atoms with Crippen molar-refractivity contribution in [2.45, 2.75) is 13.2 Å². The summed E-state index contributed by atoms with van der Waals surface area (Å²) in [6.45, 7) is 1.36. The van der Waals surface area contributed by atoms with E-state index in [4.69, 9.17) is 16.3 Å². The fourth-order valence-corrected chi connectivity index (χ4v) is 1.78. The Morgan fingerprint density at radius 3 is 2.78 bits per heavy atom. The maximum absolute atomic E-state index is 5.78. The summed E-state index contributed by atoms with van der Waals surface area (Å²) in [6.07, 6.45) is 1.63. The van der Waals surface area contributed by atoms with Gasteiger partial charge < -0.3 is 10.1 Å². The van der Waals surface area contributed by atoms with E-state index in [1.165, 1.54) is 11.1 Å². The van der Waals surface area contributed by atoms with Crippen LogP contribution in [0.4, 0.5) is 5.82 Å². The van der Waals surface area contributed by atoms with Gasteiger partial charge in [-0.15, -0.1) is 0 Å². The minimum atomic E-state index is 0.632. The van der Waals surface area contributed by atoms with Crippen molar-refractivity contribution in [2.24, 2.45) is 0 Å². The van der Waals surface area contributed by atoms with Gasteiger partial charge in [0.1, 0.15) is 5.82 Å². The molecule has 2 rings (SSSR count). The van der Waals surface area contributed by atoms with Crippen molar-refractivity contribution in [1.82, 2.24) is 4.98 Å². The van der Waals surface area contributed by atoms with Crippen molar-refractivity contribution >= 4 is 17.4 Å². The average molecular weight is 263 g/mol. The van der Waals surface area contributed by atoms with Crippen LogP contribution in [0.1, 0.15) is 11.1 Å². The third-order valence-electron chi connectivity index (χ3n) is 2.50. The van der Waals surface area contributed by atoms with Crippen LogP contribution in [0.25, 0.3) is 0 Å². The molecule has 0 unspecified atom stereocenters. The first-order valence-electron chi connectivity index (χ1n) is 5.70. The highest BCUT2D eigenvalue weighted by Crippen LogP contribution is 2.12. The lowest BCUT2D eigenvalue weighted by atomic mass is 10.1. The van der Waals surface area contributed by atoms with E-state index in [2.05, 4.69) is 22.4 Å². The van der Waals surface area contributed by atoms with Gasteiger partial charge in [0.2, 0.25) is 0 Å². The molecule has 0 aliphatic carbocycles. The van der Waals surface area contributed by atoms with E-state index in [9.17, 15) is 0 Å². The Labute approximate surface area is 112 Å². The summed E-state index contributed by atoms with van der Waals surface area (Å²) < 4.78 is 5.11. The molecule has 0 aliphatic rings. The van der Waals surface area contributed by atoms with Crippen LogP contribution in [0.3, 0.4) is 0 Å². The number of aromatic nitrogens is 1. The molecule has 1 N–H and O–H groups in total. The van der Waals surface area contributed by atoms with Gasteiger partial charge in [-0.25, -0.2) is 4.98 Å². The summed E-state index contributed by atoms with van der Waals surface area (Å²) in [5.74, 6) is 0.816. The van der Waals surface area contributed by atoms with Gasteiger partial charge in [-0.2, -0.15) is 0 Å². The van der Waals surface area contributed by atoms with E-state index in [1.54, 1.807) is 13.3 Å². The quantitative estimate of drug-likeness (QED) is 0.896. The van der Waals surface area contributed by atoms with Gasteiger partial charge in [0, 0.05) is 19.9 Å². The average Bonchev–Trinajstić information content (AvgIpc) is 2.39. The molecule has 0 amide bonds. The first kappa shape index (κ1) is 12.9. The Bertz CT molecular complexity index is 499. The lowest BCUT2D eigenvalue weighted by Gasteiger charge is -2.07. The van der Waals surface area contributed by atoms with Crippen LogP contribution in [-0.4, -0.2) is 12.1 Å². The number of hydrogen-bond donors (Lipinski definition) is 1. The summed E-state index contributed by atoms with van der Waals surface area (Å²) in [5.41, 5.74) is 2.36. The number of hydrogen-bond acceptors (Lipinski definition) is 3. The van der Waals surface area contributed by atoms with Gasteiger partial charge in [0.15, 0.2) is 0 Å².